The molecule has 0 aliphatic heterocycles. The van der Waals surface area contributed by atoms with Crippen molar-refractivity contribution in [2.75, 3.05) is 0 Å². The molecule has 0 fully saturated rings. The van der Waals surface area contributed by atoms with E-state index in [1.165, 1.54) is 103 Å². The van der Waals surface area contributed by atoms with Crippen molar-refractivity contribution in [3.8, 4) is 27.9 Å². The van der Waals surface area contributed by atoms with Crippen LogP contribution in [-0.4, -0.2) is 4.57 Å². The second-order valence-corrected chi connectivity index (χ2v) is 16.8. The summed E-state index contributed by atoms with van der Waals surface area (Å²) >= 11 is 0. The molecule has 0 N–H and O–H groups in total. The van der Waals surface area contributed by atoms with E-state index >= 15 is 0 Å². The zero-order chi connectivity index (χ0) is 40.5. The number of hydrogen-bond acceptors (Lipinski definition) is 1. The maximum absolute atomic E-state index is 6.88. The SMILES string of the molecule is c1ccc(-n2c3ccccc3c3cc(-c4c5ccccc5c(-c5ccc6c(c5)oc5cc7c8ccccc8c8cc9ccccc9cc8c7cc56)c5ccccc45)ccc32)cc1. The van der Waals surface area contributed by atoms with E-state index in [9.17, 15) is 0 Å². The molecule has 0 saturated heterocycles. The maximum atomic E-state index is 6.88. The molecule has 0 radical (unpaired) electrons. The van der Waals surface area contributed by atoms with Crippen LogP contribution >= 0.6 is 0 Å². The summed E-state index contributed by atoms with van der Waals surface area (Å²) in [6.07, 6.45) is 0. The molecular weight excluding hydrogens is 751 g/mol. The largest absolute Gasteiger partial charge is 0.456 e. The van der Waals surface area contributed by atoms with E-state index in [2.05, 4.69) is 217 Å². The summed E-state index contributed by atoms with van der Waals surface area (Å²) in [5.41, 5.74) is 10.2. The molecule has 2 heteroatoms. The first-order valence-electron chi connectivity index (χ1n) is 21.4. The predicted octanol–water partition coefficient (Wildman–Crippen LogP) is 16.9. The van der Waals surface area contributed by atoms with Crippen molar-refractivity contribution in [2.24, 2.45) is 0 Å². The Balaban J connectivity index is 0.991. The topological polar surface area (TPSA) is 18.1 Å². The summed E-state index contributed by atoms with van der Waals surface area (Å²) in [6.45, 7) is 0. The number of nitrogens with zero attached hydrogens (tertiary/aromatic N) is 1. The minimum absolute atomic E-state index is 0.893. The van der Waals surface area contributed by atoms with Gasteiger partial charge in [-0.3, -0.25) is 0 Å². The van der Waals surface area contributed by atoms with Crippen LogP contribution in [0.2, 0.25) is 0 Å². The minimum Gasteiger partial charge on any atom is -0.456 e. The van der Waals surface area contributed by atoms with E-state index in [0.717, 1.165) is 33.2 Å². The first-order chi connectivity index (χ1) is 30.7. The molecule has 0 amide bonds. The van der Waals surface area contributed by atoms with Crippen LogP contribution in [0.1, 0.15) is 0 Å². The number of rotatable bonds is 3. The second kappa shape index (κ2) is 12.7. The van der Waals surface area contributed by atoms with Crippen LogP contribution in [0.25, 0.3) is 136 Å². The molecule has 2 nitrogen and oxygen atoms in total. The highest BCUT2D eigenvalue weighted by Crippen LogP contribution is 2.47. The zero-order valence-corrected chi connectivity index (χ0v) is 33.6. The molecule has 0 aliphatic carbocycles. The number of aromatic nitrogens is 1. The van der Waals surface area contributed by atoms with Crippen molar-refractivity contribution >= 4 is 108 Å². The summed E-state index contributed by atoms with van der Waals surface area (Å²) in [4.78, 5) is 0. The molecule has 286 valence electrons. The average molecular weight is 786 g/mol. The van der Waals surface area contributed by atoms with Crippen LogP contribution in [-0.2, 0) is 0 Å². The Morgan fingerprint density at radius 2 is 0.726 bits per heavy atom. The van der Waals surface area contributed by atoms with Gasteiger partial charge in [-0.1, -0.05) is 146 Å². The lowest BCUT2D eigenvalue weighted by molar-refractivity contribution is 0.669. The normalized spacial score (nSPS) is 12.2. The number of furan rings is 1. The minimum atomic E-state index is 0.893. The third kappa shape index (κ3) is 4.69. The van der Waals surface area contributed by atoms with E-state index in [-0.39, 0.29) is 0 Å². The molecule has 0 unspecified atom stereocenters. The van der Waals surface area contributed by atoms with Gasteiger partial charge in [0.1, 0.15) is 11.2 Å². The molecule has 14 rings (SSSR count). The maximum Gasteiger partial charge on any atom is 0.136 e. The Morgan fingerprint density at radius 1 is 0.258 bits per heavy atom. The lowest BCUT2D eigenvalue weighted by atomic mass is 9.85. The van der Waals surface area contributed by atoms with Gasteiger partial charge >= 0.3 is 0 Å². The Kier molecular flexibility index (Phi) is 6.86. The van der Waals surface area contributed by atoms with Crippen LogP contribution < -0.4 is 0 Å². The van der Waals surface area contributed by atoms with E-state index in [1.54, 1.807) is 0 Å². The summed E-state index contributed by atoms with van der Waals surface area (Å²) in [5, 5.41) is 19.7. The highest BCUT2D eigenvalue weighted by molar-refractivity contribution is 6.30. The standard InChI is InChI=1S/C60H35NO/c1-2-16-40(17-3-1)61-55-25-13-12-20-43(55)53-32-38(27-29-56(53)61)59-45-21-8-10-23-47(45)60(48-24-11-9-22-46(48)59)39-26-28-44-54-34-51-50-31-37-15-5-4-14-36(37)30-49(50)41-18-6-7-19-42(41)52(51)35-58(54)62-57(44)33-39/h1-35H. The Labute approximate surface area is 356 Å². The molecule has 0 atom stereocenters. The smallest absolute Gasteiger partial charge is 0.136 e. The van der Waals surface area contributed by atoms with Crippen molar-refractivity contribution in [1.29, 1.82) is 0 Å². The van der Waals surface area contributed by atoms with Gasteiger partial charge in [0.05, 0.1) is 11.0 Å². The van der Waals surface area contributed by atoms with Gasteiger partial charge in [-0.25, -0.2) is 0 Å². The summed E-state index contributed by atoms with van der Waals surface area (Å²) in [6, 6.07) is 78.0. The van der Waals surface area contributed by atoms with Crippen molar-refractivity contribution in [3.63, 3.8) is 0 Å². The highest BCUT2D eigenvalue weighted by Gasteiger charge is 2.21. The van der Waals surface area contributed by atoms with Crippen molar-refractivity contribution in [3.05, 3.63) is 212 Å². The lowest BCUT2D eigenvalue weighted by Crippen LogP contribution is -1.93. The lowest BCUT2D eigenvalue weighted by Gasteiger charge is -2.18. The van der Waals surface area contributed by atoms with Gasteiger partial charge in [0.2, 0.25) is 0 Å². The molecule has 0 spiro atoms. The number of hydrogen-bond donors (Lipinski definition) is 0. The number of fused-ring (bicyclic) bond motifs is 15. The average Bonchev–Trinajstić information content (AvgIpc) is 3.86. The summed E-state index contributed by atoms with van der Waals surface area (Å²) in [5.74, 6) is 0. The van der Waals surface area contributed by atoms with E-state index in [1.807, 2.05) is 0 Å². The van der Waals surface area contributed by atoms with Gasteiger partial charge in [-0.05, 0) is 154 Å². The fraction of sp³-hybridized carbons (Fsp3) is 0. The quantitative estimate of drug-likeness (QED) is 0.129. The molecule has 0 saturated carbocycles. The van der Waals surface area contributed by atoms with Crippen LogP contribution in [0.4, 0.5) is 0 Å². The number of benzene rings is 12. The van der Waals surface area contributed by atoms with Gasteiger partial charge < -0.3 is 8.98 Å². The van der Waals surface area contributed by atoms with Crippen LogP contribution in [0.3, 0.4) is 0 Å². The Morgan fingerprint density at radius 3 is 1.39 bits per heavy atom. The van der Waals surface area contributed by atoms with Crippen LogP contribution in [0.15, 0.2) is 217 Å². The zero-order valence-electron chi connectivity index (χ0n) is 33.6. The molecule has 14 aromatic rings. The van der Waals surface area contributed by atoms with Gasteiger partial charge in [0.15, 0.2) is 0 Å². The Bertz CT molecular complexity index is 4150. The third-order valence-electron chi connectivity index (χ3n) is 13.5. The fourth-order valence-corrected chi connectivity index (χ4v) is 10.8. The monoisotopic (exact) mass is 785 g/mol. The van der Waals surface area contributed by atoms with Gasteiger partial charge in [0.25, 0.3) is 0 Å². The first kappa shape index (κ1) is 33.6. The van der Waals surface area contributed by atoms with Gasteiger partial charge in [0, 0.05) is 27.2 Å². The third-order valence-corrected chi connectivity index (χ3v) is 13.5. The van der Waals surface area contributed by atoms with Crippen molar-refractivity contribution in [2.45, 2.75) is 0 Å². The molecule has 2 heterocycles. The summed E-state index contributed by atoms with van der Waals surface area (Å²) < 4.78 is 9.26. The molecule has 0 aliphatic rings. The molecule has 0 bridgehead atoms. The van der Waals surface area contributed by atoms with Crippen LogP contribution in [0.5, 0.6) is 0 Å². The van der Waals surface area contributed by atoms with Crippen molar-refractivity contribution in [1.82, 2.24) is 4.57 Å². The Hall–Kier alpha value is -8.20. The number of para-hydroxylation sites is 2. The van der Waals surface area contributed by atoms with E-state index in [4.69, 9.17) is 4.42 Å². The molecule has 2 aromatic heterocycles. The van der Waals surface area contributed by atoms with Gasteiger partial charge in [-0.15, -0.1) is 0 Å². The fourth-order valence-electron chi connectivity index (χ4n) is 10.8. The van der Waals surface area contributed by atoms with Gasteiger partial charge in [-0.2, -0.15) is 0 Å². The first-order valence-corrected chi connectivity index (χ1v) is 21.4. The second-order valence-electron chi connectivity index (χ2n) is 16.8. The molecule has 62 heavy (non-hydrogen) atoms. The van der Waals surface area contributed by atoms with Crippen molar-refractivity contribution < 1.29 is 4.42 Å². The molecular formula is C60H35NO. The van der Waals surface area contributed by atoms with Crippen LogP contribution in [0, 0.1) is 0 Å². The molecule has 12 aromatic carbocycles. The van der Waals surface area contributed by atoms with E-state index in [0.29, 0.717) is 0 Å². The highest BCUT2D eigenvalue weighted by atomic mass is 16.3. The predicted molar refractivity (Wildman–Crippen MR) is 264 cm³/mol. The summed E-state index contributed by atoms with van der Waals surface area (Å²) in [7, 11) is 0. The van der Waals surface area contributed by atoms with E-state index < -0.39 is 0 Å².